The first-order valence-corrected chi connectivity index (χ1v) is 8.04. The maximum atomic E-state index is 11.2. The fourth-order valence-electron chi connectivity index (χ4n) is 1.40. The van der Waals surface area contributed by atoms with Gasteiger partial charge in [-0.15, -0.1) is 0 Å². The predicted octanol–water partition coefficient (Wildman–Crippen LogP) is 2.71. The minimum absolute atomic E-state index is 0.325. The quantitative estimate of drug-likeness (QED) is 0.799. The van der Waals surface area contributed by atoms with Crippen molar-refractivity contribution in [3.8, 4) is 0 Å². The monoisotopic (exact) mass is 351 g/mol. The van der Waals surface area contributed by atoms with Crippen LogP contribution in [-0.4, -0.2) is 22.3 Å². The third-order valence-corrected chi connectivity index (χ3v) is 4.49. The van der Waals surface area contributed by atoms with Crippen molar-refractivity contribution in [1.29, 1.82) is 0 Å². The zero-order valence-corrected chi connectivity index (χ0v) is 12.7. The summed E-state index contributed by atoms with van der Waals surface area (Å²) >= 11 is 2.30. The lowest BCUT2D eigenvalue weighted by Crippen LogP contribution is -2.24. The van der Waals surface area contributed by atoms with Crippen molar-refractivity contribution < 1.29 is 4.21 Å². The molecule has 0 saturated heterocycles. The summed E-state index contributed by atoms with van der Waals surface area (Å²) in [5.74, 6) is 1.49. The van der Waals surface area contributed by atoms with Crippen LogP contribution in [0.4, 0.5) is 0 Å². The highest BCUT2D eigenvalue weighted by Crippen LogP contribution is 2.13. The topological polar surface area (TPSA) is 29.1 Å². The van der Waals surface area contributed by atoms with E-state index < -0.39 is 10.8 Å². The smallest absolute Gasteiger partial charge is 0.0360 e. The summed E-state index contributed by atoms with van der Waals surface area (Å²) < 4.78 is 12.5. The van der Waals surface area contributed by atoms with Gasteiger partial charge in [-0.2, -0.15) is 0 Å². The summed E-state index contributed by atoms with van der Waals surface area (Å²) in [6, 6.07) is 8.81. The van der Waals surface area contributed by atoms with Crippen molar-refractivity contribution in [3.05, 3.63) is 33.4 Å². The standard InChI is InChI=1S/C12H18INOS/c1-3-16(15)9-8-14-10(2)11-4-6-12(13)7-5-11/h4-7,10,14H,3,8-9H2,1-2H3. The van der Waals surface area contributed by atoms with Crippen LogP contribution in [0.1, 0.15) is 25.5 Å². The molecule has 2 unspecified atom stereocenters. The SMILES string of the molecule is CCS(=O)CCNC(C)c1ccc(I)cc1. The molecule has 2 nitrogen and oxygen atoms in total. The Hall–Kier alpha value is 0.0600. The van der Waals surface area contributed by atoms with Gasteiger partial charge in [-0.25, -0.2) is 0 Å². The largest absolute Gasteiger partial charge is 0.309 e. The van der Waals surface area contributed by atoms with E-state index in [1.54, 1.807) is 0 Å². The first kappa shape index (κ1) is 14.1. The van der Waals surface area contributed by atoms with E-state index in [-0.39, 0.29) is 0 Å². The van der Waals surface area contributed by atoms with E-state index in [4.69, 9.17) is 0 Å². The molecule has 0 bridgehead atoms. The zero-order chi connectivity index (χ0) is 12.0. The minimum Gasteiger partial charge on any atom is -0.309 e. The number of benzene rings is 1. The Labute approximate surface area is 114 Å². The Morgan fingerprint density at radius 2 is 2.00 bits per heavy atom. The molecule has 0 radical (unpaired) electrons. The average molecular weight is 351 g/mol. The average Bonchev–Trinajstić information content (AvgIpc) is 2.29. The first-order chi connectivity index (χ1) is 7.63. The van der Waals surface area contributed by atoms with Crippen molar-refractivity contribution in [2.45, 2.75) is 19.9 Å². The molecule has 0 aliphatic heterocycles. The fourth-order valence-corrected chi connectivity index (χ4v) is 2.40. The lowest BCUT2D eigenvalue weighted by molar-refractivity contribution is 0.596. The molecule has 1 aromatic rings. The van der Waals surface area contributed by atoms with Gasteiger partial charge in [0.25, 0.3) is 0 Å². The molecule has 0 heterocycles. The van der Waals surface area contributed by atoms with Gasteiger partial charge in [0, 0.05) is 38.5 Å². The molecule has 0 amide bonds. The van der Waals surface area contributed by atoms with E-state index in [1.807, 2.05) is 6.92 Å². The Kier molecular flexibility index (Phi) is 6.53. The Bertz CT molecular complexity index is 339. The molecular formula is C12H18INOS. The van der Waals surface area contributed by atoms with E-state index >= 15 is 0 Å². The maximum absolute atomic E-state index is 11.2. The van der Waals surface area contributed by atoms with Crippen molar-refractivity contribution in [1.82, 2.24) is 5.32 Å². The van der Waals surface area contributed by atoms with Crippen LogP contribution in [0.3, 0.4) is 0 Å². The minimum atomic E-state index is -0.667. The molecule has 2 atom stereocenters. The van der Waals surface area contributed by atoms with Crippen molar-refractivity contribution in [2.75, 3.05) is 18.1 Å². The van der Waals surface area contributed by atoms with Gasteiger partial charge in [-0.05, 0) is 47.2 Å². The number of hydrogen-bond acceptors (Lipinski definition) is 2. The molecule has 1 N–H and O–H groups in total. The molecule has 0 aliphatic rings. The highest BCUT2D eigenvalue weighted by Gasteiger charge is 2.04. The molecule has 0 aliphatic carbocycles. The normalized spacial score (nSPS) is 14.7. The third kappa shape index (κ3) is 4.93. The molecule has 4 heteroatoms. The van der Waals surface area contributed by atoms with Crippen molar-refractivity contribution in [2.24, 2.45) is 0 Å². The molecule has 16 heavy (non-hydrogen) atoms. The van der Waals surface area contributed by atoms with E-state index in [0.29, 0.717) is 6.04 Å². The second kappa shape index (κ2) is 7.40. The molecular weight excluding hydrogens is 333 g/mol. The fraction of sp³-hybridized carbons (Fsp3) is 0.500. The van der Waals surface area contributed by atoms with E-state index in [1.165, 1.54) is 9.13 Å². The Morgan fingerprint density at radius 1 is 1.38 bits per heavy atom. The molecule has 0 aromatic heterocycles. The van der Waals surface area contributed by atoms with Crippen LogP contribution in [0, 0.1) is 3.57 Å². The van der Waals surface area contributed by atoms with Gasteiger partial charge in [0.15, 0.2) is 0 Å². The van der Waals surface area contributed by atoms with Gasteiger partial charge in [0.05, 0.1) is 0 Å². The first-order valence-electron chi connectivity index (χ1n) is 5.47. The summed E-state index contributed by atoms with van der Waals surface area (Å²) in [6.07, 6.45) is 0. The number of rotatable bonds is 6. The van der Waals surface area contributed by atoms with Gasteiger partial charge in [-0.3, -0.25) is 4.21 Å². The van der Waals surface area contributed by atoms with E-state index in [0.717, 1.165) is 18.1 Å². The summed E-state index contributed by atoms with van der Waals surface area (Å²) in [7, 11) is -0.667. The Morgan fingerprint density at radius 3 is 2.56 bits per heavy atom. The number of nitrogens with one attached hydrogen (secondary N) is 1. The lowest BCUT2D eigenvalue weighted by atomic mass is 10.1. The third-order valence-electron chi connectivity index (χ3n) is 2.47. The predicted molar refractivity (Wildman–Crippen MR) is 79.1 cm³/mol. The number of hydrogen-bond donors (Lipinski definition) is 1. The summed E-state index contributed by atoms with van der Waals surface area (Å²) in [4.78, 5) is 0. The van der Waals surface area contributed by atoms with Crippen LogP contribution in [0.5, 0.6) is 0 Å². The maximum Gasteiger partial charge on any atom is 0.0360 e. The summed E-state index contributed by atoms with van der Waals surface area (Å²) in [5, 5.41) is 3.39. The van der Waals surface area contributed by atoms with Crippen LogP contribution in [0.25, 0.3) is 0 Å². The summed E-state index contributed by atoms with van der Waals surface area (Å²) in [6.45, 7) is 4.91. The van der Waals surface area contributed by atoms with Gasteiger partial charge < -0.3 is 5.32 Å². The van der Waals surface area contributed by atoms with Crippen LogP contribution < -0.4 is 5.32 Å². The van der Waals surface area contributed by atoms with Crippen molar-refractivity contribution in [3.63, 3.8) is 0 Å². The Balaban J connectivity index is 2.37. The van der Waals surface area contributed by atoms with Crippen molar-refractivity contribution >= 4 is 33.4 Å². The van der Waals surface area contributed by atoms with Gasteiger partial charge in [0.2, 0.25) is 0 Å². The second-order valence-electron chi connectivity index (χ2n) is 3.66. The van der Waals surface area contributed by atoms with Crippen LogP contribution in [0.2, 0.25) is 0 Å². The summed E-state index contributed by atoms with van der Waals surface area (Å²) in [5.41, 5.74) is 1.28. The van der Waals surface area contributed by atoms with Crippen LogP contribution in [0.15, 0.2) is 24.3 Å². The van der Waals surface area contributed by atoms with Crippen LogP contribution >= 0.6 is 22.6 Å². The van der Waals surface area contributed by atoms with Crippen LogP contribution in [-0.2, 0) is 10.8 Å². The van der Waals surface area contributed by atoms with Gasteiger partial charge in [0.1, 0.15) is 0 Å². The molecule has 90 valence electrons. The molecule has 0 spiro atoms. The molecule has 0 saturated carbocycles. The lowest BCUT2D eigenvalue weighted by Gasteiger charge is -2.13. The van der Waals surface area contributed by atoms with E-state index in [2.05, 4.69) is 59.1 Å². The number of halogens is 1. The van der Waals surface area contributed by atoms with E-state index in [9.17, 15) is 4.21 Å². The molecule has 0 fully saturated rings. The highest BCUT2D eigenvalue weighted by atomic mass is 127. The van der Waals surface area contributed by atoms with Gasteiger partial charge in [-0.1, -0.05) is 19.1 Å². The highest BCUT2D eigenvalue weighted by molar-refractivity contribution is 14.1. The molecule has 1 aromatic carbocycles. The second-order valence-corrected chi connectivity index (χ2v) is 6.77. The molecule has 1 rings (SSSR count). The van der Waals surface area contributed by atoms with Gasteiger partial charge >= 0.3 is 0 Å². The zero-order valence-electron chi connectivity index (χ0n) is 9.70.